The third kappa shape index (κ3) is 2.48. The molecular formula is C11H13N3O2. The summed E-state index contributed by atoms with van der Waals surface area (Å²) in [6, 6.07) is 0. The second kappa shape index (κ2) is 5.71. The molecule has 0 saturated heterocycles. The van der Waals surface area contributed by atoms with Crippen molar-refractivity contribution in [2.45, 2.75) is 6.92 Å². The van der Waals surface area contributed by atoms with Crippen LogP contribution >= 0.6 is 0 Å². The van der Waals surface area contributed by atoms with Crippen molar-refractivity contribution < 1.29 is 9.53 Å². The van der Waals surface area contributed by atoms with Gasteiger partial charge in [-0.05, 0) is 6.92 Å². The number of aromatic nitrogens is 2. The maximum Gasteiger partial charge on any atom is 0.343 e. The van der Waals surface area contributed by atoms with E-state index in [1.807, 2.05) is 6.92 Å². The fourth-order valence-electron chi connectivity index (χ4n) is 1.28. The lowest BCUT2D eigenvalue weighted by Crippen LogP contribution is -2.26. The molecule has 1 heterocycles. The number of rotatable bonds is 4. The Labute approximate surface area is 94.5 Å². The molecule has 0 atom stereocenters. The number of carbonyl (C=O) groups is 1. The lowest BCUT2D eigenvalue weighted by Gasteiger charge is -2.20. The molecule has 0 aliphatic rings. The zero-order chi connectivity index (χ0) is 12.0. The van der Waals surface area contributed by atoms with Crippen molar-refractivity contribution in [1.29, 1.82) is 0 Å². The Hall–Kier alpha value is -2.09. The van der Waals surface area contributed by atoms with Gasteiger partial charge < -0.3 is 9.64 Å². The van der Waals surface area contributed by atoms with Gasteiger partial charge in [0.15, 0.2) is 0 Å². The van der Waals surface area contributed by atoms with E-state index in [2.05, 4.69) is 20.6 Å². The molecule has 0 aromatic carbocycles. The summed E-state index contributed by atoms with van der Waals surface area (Å²) in [5, 5.41) is 0. The molecule has 0 aliphatic carbocycles. The smallest absolute Gasteiger partial charge is 0.343 e. The van der Waals surface area contributed by atoms with Crippen LogP contribution in [-0.2, 0) is 4.74 Å². The van der Waals surface area contributed by atoms with Gasteiger partial charge in [-0.2, -0.15) is 0 Å². The van der Waals surface area contributed by atoms with Gasteiger partial charge in [-0.1, -0.05) is 5.92 Å². The average Bonchev–Trinajstić information content (AvgIpc) is 2.35. The van der Waals surface area contributed by atoms with E-state index in [1.165, 1.54) is 19.6 Å². The Bertz CT molecular complexity index is 412. The van der Waals surface area contributed by atoms with Crippen molar-refractivity contribution in [2.24, 2.45) is 0 Å². The van der Waals surface area contributed by atoms with Crippen LogP contribution in [0.1, 0.15) is 17.3 Å². The second-order valence-corrected chi connectivity index (χ2v) is 2.97. The standard InChI is InChI=1S/C11H13N3O2/c1-4-6-14(5-2)10-9(11(15)16-3)7-12-8-13-10/h1,7-8H,5-6H2,2-3H3. The van der Waals surface area contributed by atoms with Crippen LogP contribution in [0.25, 0.3) is 0 Å². The van der Waals surface area contributed by atoms with Crippen molar-refractivity contribution in [2.75, 3.05) is 25.1 Å². The van der Waals surface area contributed by atoms with Crippen molar-refractivity contribution in [3.8, 4) is 12.3 Å². The van der Waals surface area contributed by atoms with Gasteiger partial charge in [0.05, 0.1) is 13.7 Å². The predicted octanol–water partition coefficient (Wildman–Crippen LogP) is 0.723. The van der Waals surface area contributed by atoms with E-state index in [1.54, 1.807) is 4.90 Å². The minimum atomic E-state index is -0.467. The molecule has 16 heavy (non-hydrogen) atoms. The van der Waals surface area contributed by atoms with Crippen molar-refractivity contribution in [3.05, 3.63) is 18.1 Å². The first kappa shape index (κ1) is 12.0. The topological polar surface area (TPSA) is 55.3 Å². The quantitative estimate of drug-likeness (QED) is 0.551. The molecule has 5 nitrogen and oxygen atoms in total. The van der Waals surface area contributed by atoms with Crippen LogP contribution in [0, 0.1) is 12.3 Å². The Morgan fingerprint density at radius 2 is 2.44 bits per heavy atom. The Morgan fingerprint density at radius 3 is 3.00 bits per heavy atom. The summed E-state index contributed by atoms with van der Waals surface area (Å²) in [5.74, 6) is 2.55. The third-order valence-electron chi connectivity index (χ3n) is 2.06. The molecule has 1 aromatic rings. The Morgan fingerprint density at radius 1 is 1.69 bits per heavy atom. The summed E-state index contributed by atoms with van der Waals surface area (Å²) in [4.78, 5) is 21.1. The Balaban J connectivity index is 3.11. The monoisotopic (exact) mass is 219 g/mol. The first-order valence-corrected chi connectivity index (χ1v) is 4.81. The second-order valence-electron chi connectivity index (χ2n) is 2.97. The number of methoxy groups -OCH3 is 1. The summed E-state index contributed by atoms with van der Waals surface area (Å²) in [7, 11) is 1.32. The molecule has 0 aliphatic heterocycles. The average molecular weight is 219 g/mol. The van der Waals surface area contributed by atoms with E-state index in [0.717, 1.165) is 0 Å². The van der Waals surface area contributed by atoms with Gasteiger partial charge >= 0.3 is 5.97 Å². The summed E-state index contributed by atoms with van der Waals surface area (Å²) in [5.41, 5.74) is 0.321. The van der Waals surface area contributed by atoms with E-state index in [-0.39, 0.29) is 0 Å². The Kier molecular flexibility index (Phi) is 4.28. The molecule has 0 N–H and O–H groups in total. The van der Waals surface area contributed by atoms with Crippen molar-refractivity contribution in [1.82, 2.24) is 9.97 Å². The summed E-state index contributed by atoms with van der Waals surface area (Å²) < 4.78 is 4.65. The van der Waals surface area contributed by atoms with Crippen molar-refractivity contribution in [3.63, 3.8) is 0 Å². The predicted molar refractivity (Wildman–Crippen MR) is 60.1 cm³/mol. The molecule has 1 rings (SSSR count). The molecule has 0 radical (unpaired) electrons. The highest BCUT2D eigenvalue weighted by Crippen LogP contribution is 2.16. The van der Waals surface area contributed by atoms with Gasteiger partial charge in [0.1, 0.15) is 17.7 Å². The zero-order valence-corrected chi connectivity index (χ0v) is 9.30. The van der Waals surface area contributed by atoms with Crippen LogP contribution in [-0.4, -0.2) is 36.1 Å². The van der Waals surface area contributed by atoms with E-state index < -0.39 is 5.97 Å². The van der Waals surface area contributed by atoms with Gasteiger partial charge in [0, 0.05) is 12.7 Å². The maximum absolute atomic E-state index is 11.5. The van der Waals surface area contributed by atoms with E-state index in [9.17, 15) is 4.79 Å². The molecule has 5 heteroatoms. The number of hydrogen-bond acceptors (Lipinski definition) is 5. The van der Waals surface area contributed by atoms with Crippen LogP contribution in [0.15, 0.2) is 12.5 Å². The van der Waals surface area contributed by atoms with Gasteiger partial charge in [-0.15, -0.1) is 6.42 Å². The first-order chi connectivity index (χ1) is 7.74. The highest BCUT2D eigenvalue weighted by molar-refractivity contribution is 5.94. The van der Waals surface area contributed by atoms with Gasteiger partial charge in [0.2, 0.25) is 0 Å². The lowest BCUT2D eigenvalue weighted by molar-refractivity contribution is 0.0600. The highest BCUT2D eigenvalue weighted by atomic mass is 16.5. The van der Waals surface area contributed by atoms with Crippen LogP contribution in [0.4, 0.5) is 5.82 Å². The zero-order valence-electron chi connectivity index (χ0n) is 9.30. The highest BCUT2D eigenvalue weighted by Gasteiger charge is 2.17. The third-order valence-corrected chi connectivity index (χ3v) is 2.06. The molecule has 0 saturated carbocycles. The number of anilines is 1. The lowest BCUT2D eigenvalue weighted by atomic mass is 10.3. The number of ether oxygens (including phenoxy) is 1. The molecule has 0 amide bonds. The maximum atomic E-state index is 11.5. The largest absolute Gasteiger partial charge is 0.465 e. The normalized spacial score (nSPS) is 9.31. The molecular weight excluding hydrogens is 206 g/mol. The van der Waals surface area contributed by atoms with Gasteiger partial charge in [-0.25, -0.2) is 14.8 Å². The summed E-state index contributed by atoms with van der Waals surface area (Å²) >= 11 is 0. The number of terminal acetylenes is 1. The van der Waals surface area contributed by atoms with Crippen molar-refractivity contribution >= 4 is 11.8 Å². The molecule has 0 spiro atoms. The van der Waals surface area contributed by atoms with E-state index >= 15 is 0 Å². The molecule has 84 valence electrons. The summed E-state index contributed by atoms with van der Waals surface area (Å²) in [6.07, 6.45) is 8.05. The summed E-state index contributed by atoms with van der Waals surface area (Å²) in [6.45, 7) is 2.98. The fraction of sp³-hybridized carbons (Fsp3) is 0.364. The van der Waals surface area contributed by atoms with Gasteiger partial charge in [0.25, 0.3) is 0 Å². The van der Waals surface area contributed by atoms with Crippen LogP contribution in [0.2, 0.25) is 0 Å². The fourth-order valence-corrected chi connectivity index (χ4v) is 1.28. The van der Waals surface area contributed by atoms with E-state index in [0.29, 0.717) is 24.5 Å². The minimum Gasteiger partial charge on any atom is -0.465 e. The first-order valence-electron chi connectivity index (χ1n) is 4.81. The van der Waals surface area contributed by atoms with Crippen LogP contribution in [0.5, 0.6) is 0 Å². The van der Waals surface area contributed by atoms with Crippen LogP contribution < -0.4 is 4.90 Å². The SMILES string of the molecule is C#CCN(CC)c1ncncc1C(=O)OC. The van der Waals surface area contributed by atoms with E-state index in [4.69, 9.17) is 6.42 Å². The molecule has 0 unspecified atom stereocenters. The van der Waals surface area contributed by atoms with Crippen LogP contribution in [0.3, 0.4) is 0 Å². The van der Waals surface area contributed by atoms with Gasteiger partial charge in [-0.3, -0.25) is 0 Å². The number of esters is 1. The minimum absolute atomic E-state index is 0.321. The molecule has 0 fully saturated rings. The number of hydrogen-bond donors (Lipinski definition) is 0. The number of nitrogens with zero attached hydrogens (tertiary/aromatic N) is 3. The molecule has 1 aromatic heterocycles. The molecule has 0 bridgehead atoms. The number of carbonyl (C=O) groups excluding carboxylic acids is 1.